The summed E-state index contributed by atoms with van der Waals surface area (Å²) in [7, 11) is 0. The maximum Gasteiger partial charge on any atom is 0.279 e. The highest BCUT2D eigenvalue weighted by atomic mass is 32.1. The van der Waals surface area contributed by atoms with Gasteiger partial charge in [-0.2, -0.15) is 0 Å². The van der Waals surface area contributed by atoms with Crippen molar-refractivity contribution in [2.75, 3.05) is 5.32 Å². The molecule has 0 atom stereocenters. The first kappa shape index (κ1) is 16.2. The zero-order valence-corrected chi connectivity index (χ0v) is 14.8. The molecule has 0 bridgehead atoms. The van der Waals surface area contributed by atoms with Gasteiger partial charge in [0.25, 0.3) is 5.91 Å². The summed E-state index contributed by atoms with van der Waals surface area (Å²) in [5, 5.41) is 9.06. The number of amides is 1. The lowest BCUT2D eigenvalue weighted by atomic mass is 10.1. The lowest BCUT2D eigenvalue weighted by Gasteiger charge is -1.98. The zero-order valence-electron chi connectivity index (χ0n) is 14.0. The number of aromatic nitrogens is 2. The van der Waals surface area contributed by atoms with E-state index in [-0.39, 0.29) is 11.6 Å². The number of carbonyl (C=O) groups excluding carboxylic acids is 1. The smallest absolute Gasteiger partial charge is 0.279 e. The molecule has 0 fully saturated rings. The average molecular weight is 361 g/mol. The maximum atomic E-state index is 12.4. The number of thiazole rings is 1. The Balaban J connectivity index is 1.49. The number of hydrogen-bond donors (Lipinski definition) is 1. The fourth-order valence-electron chi connectivity index (χ4n) is 2.47. The van der Waals surface area contributed by atoms with Crippen LogP contribution >= 0.6 is 11.3 Å². The van der Waals surface area contributed by atoms with Crippen molar-refractivity contribution < 1.29 is 9.32 Å². The average Bonchev–Trinajstić information content (AvgIpc) is 3.33. The molecule has 2 heterocycles. The van der Waals surface area contributed by atoms with Gasteiger partial charge in [-0.3, -0.25) is 10.1 Å². The first-order chi connectivity index (χ1) is 12.7. The lowest BCUT2D eigenvalue weighted by Crippen LogP contribution is -2.11. The third kappa shape index (κ3) is 3.41. The Morgan fingerprint density at radius 1 is 1.04 bits per heavy atom. The Kier molecular flexibility index (Phi) is 4.33. The number of hydrogen-bond acceptors (Lipinski definition) is 5. The van der Waals surface area contributed by atoms with Crippen LogP contribution in [-0.4, -0.2) is 16.0 Å². The standard InChI is InChI=1S/C20H15N3O2S/c1-13-7-9-14(10-8-13)17-12-26-20(21-17)22-19(24)16-11-18(25-23-16)15-5-3-2-4-6-15/h2-12H,1H3,(H,21,22,24). The molecule has 5 nitrogen and oxygen atoms in total. The van der Waals surface area contributed by atoms with Crippen LogP contribution in [0, 0.1) is 6.92 Å². The second-order valence-corrected chi connectivity index (χ2v) is 6.66. The summed E-state index contributed by atoms with van der Waals surface area (Å²) in [5.74, 6) is 0.205. The molecule has 2 aromatic carbocycles. The summed E-state index contributed by atoms with van der Waals surface area (Å²) in [5.41, 5.74) is 4.12. The Labute approximate surface area is 154 Å². The summed E-state index contributed by atoms with van der Waals surface area (Å²) in [6.45, 7) is 2.04. The van der Waals surface area contributed by atoms with Gasteiger partial charge in [0.15, 0.2) is 16.6 Å². The molecule has 26 heavy (non-hydrogen) atoms. The molecule has 0 spiro atoms. The molecule has 0 unspecified atom stereocenters. The molecule has 128 valence electrons. The van der Waals surface area contributed by atoms with E-state index < -0.39 is 0 Å². The van der Waals surface area contributed by atoms with E-state index in [2.05, 4.69) is 15.5 Å². The van der Waals surface area contributed by atoms with E-state index >= 15 is 0 Å². The largest absolute Gasteiger partial charge is 0.355 e. The number of carbonyl (C=O) groups is 1. The molecule has 0 saturated heterocycles. The van der Waals surface area contributed by atoms with Gasteiger partial charge in [-0.15, -0.1) is 11.3 Å². The van der Waals surface area contributed by atoms with Crippen LogP contribution < -0.4 is 5.32 Å². The number of nitrogens with one attached hydrogen (secondary N) is 1. The Morgan fingerprint density at radius 2 is 1.81 bits per heavy atom. The molecule has 0 radical (unpaired) electrons. The van der Waals surface area contributed by atoms with E-state index in [1.807, 2.05) is 66.9 Å². The molecule has 4 aromatic rings. The van der Waals surface area contributed by atoms with Gasteiger partial charge in [-0.05, 0) is 6.92 Å². The molecular weight excluding hydrogens is 346 g/mol. The van der Waals surface area contributed by atoms with Gasteiger partial charge in [-0.25, -0.2) is 4.98 Å². The summed E-state index contributed by atoms with van der Waals surface area (Å²) in [6.07, 6.45) is 0. The lowest BCUT2D eigenvalue weighted by molar-refractivity contribution is 0.101. The molecule has 0 aliphatic carbocycles. The van der Waals surface area contributed by atoms with Crippen molar-refractivity contribution >= 4 is 22.4 Å². The van der Waals surface area contributed by atoms with Crippen molar-refractivity contribution in [2.24, 2.45) is 0 Å². The highest BCUT2D eigenvalue weighted by Gasteiger charge is 2.15. The van der Waals surface area contributed by atoms with Gasteiger partial charge in [0.1, 0.15) is 0 Å². The molecule has 0 aliphatic heterocycles. The third-order valence-corrected chi connectivity index (χ3v) is 4.63. The Hall–Kier alpha value is -3.25. The minimum absolute atomic E-state index is 0.218. The van der Waals surface area contributed by atoms with Crippen molar-refractivity contribution in [1.82, 2.24) is 10.1 Å². The van der Waals surface area contributed by atoms with Gasteiger partial charge in [0, 0.05) is 22.6 Å². The van der Waals surface area contributed by atoms with Crippen LogP contribution in [0.25, 0.3) is 22.6 Å². The fraction of sp³-hybridized carbons (Fsp3) is 0.0500. The maximum absolute atomic E-state index is 12.4. The zero-order chi connectivity index (χ0) is 17.9. The number of benzene rings is 2. The van der Waals surface area contributed by atoms with Gasteiger partial charge >= 0.3 is 0 Å². The summed E-state index contributed by atoms with van der Waals surface area (Å²) in [4.78, 5) is 16.9. The van der Waals surface area contributed by atoms with Crippen molar-refractivity contribution in [3.63, 3.8) is 0 Å². The highest BCUT2D eigenvalue weighted by Crippen LogP contribution is 2.26. The van der Waals surface area contributed by atoms with E-state index in [0.29, 0.717) is 10.9 Å². The predicted octanol–water partition coefficient (Wildman–Crippen LogP) is 5.03. The van der Waals surface area contributed by atoms with Crippen molar-refractivity contribution in [2.45, 2.75) is 6.92 Å². The number of aryl methyl sites for hydroxylation is 1. The van der Waals surface area contributed by atoms with Gasteiger partial charge in [0.2, 0.25) is 0 Å². The Morgan fingerprint density at radius 3 is 2.58 bits per heavy atom. The number of nitrogens with zero attached hydrogens (tertiary/aromatic N) is 2. The van der Waals surface area contributed by atoms with E-state index in [0.717, 1.165) is 16.8 Å². The van der Waals surface area contributed by atoms with E-state index in [9.17, 15) is 4.79 Å². The van der Waals surface area contributed by atoms with E-state index in [1.165, 1.54) is 16.9 Å². The molecule has 6 heteroatoms. The summed E-state index contributed by atoms with van der Waals surface area (Å²) in [6, 6.07) is 19.2. The van der Waals surface area contributed by atoms with Gasteiger partial charge in [0.05, 0.1) is 5.69 Å². The Bertz CT molecular complexity index is 1040. The minimum Gasteiger partial charge on any atom is -0.355 e. The summed E-state index contributed by atoms with van der Waals surface area (Å²) >= 11 is 1.37. The van der Waals surface area contributed by atoms with Crippen LogP contribution in [0.3, 0.4) is 0 Å². The first-order valence-corrected chi connectivity index (χ1v) is 8.93. The van der Waals surface area contributed by atoms with Crippen LogP contribution in [0.2, 0.25) is 0 Å². The second kappa shape index (κ2) is 6.93. The second-order valence-electron chi connectivity index (χ2n) is 5.80. The van der Waals surface area contributed by atoms with Crippen LogP contribution in [0.4, 0.5) is 5.13 Å². The molecule has 4 rings (SSSR count). The van der Waals surface area contributed by atoms with Crippen LogP contribution in [0.1, 0.15) is 16.1 Å². The predicted molar refractivity (Wildman–Crippen MR) is 102 cm³/mol. The van der Waals surface area contributed by atoms with Crippen LogP contribution in [0.15, 0.2) is 70.6 Å². The number of anilines is 1. The molecule has 0 saturated carbocycles. The normalized spacial score (nSPS) is 10.7. The topological polar surface area (TPSA) is 68.0 Å². The van der Waals surface area contributed by atoms with Crippen LogP contribution in [-0.2, 0) is 0 Å². The van der Waals surface area contributed by atoms with Crippen molar-refractivity contribution in [3.05, 3.63) is 77.3 Å². The van der Waals surface area contributed by atoms with Gasteiger partial charge in [-0.1, -0.05) is 65.3 Å². The molecule has 1 N–H and O–H groups in total. The molecular formula is C20H15N3O2S. The number of rotatable bonds is 4. The molecule has 0 aliphatic rings. The highest BCUT2D eigenvalue weighted by molar-refractivity contribution is 7.14. The molecule has 2 aromatic heterocycles. The molecule has 1 amide bonds. The quantitative estimate of drug-likeness (QED) is 0.554. The summed E-state index contributed by atoms with van der Waals surface area (Å²) < 4.78 is 5.27. The van der Waals surface area contributed by atoms with Gasteiger partial charge < -0.3 is 4.52 Å². The third-order valence-electron chi connectivity index (χ3n) is 3.87. The fourth-order valence-corrected chi connectivity index (χ4v) is 3.18. The minimum atomic E-state index is -0.347. The SMILES string of the molecule is Cc1ccc(-c2csc(NC(=O)c3cc(-c4ccccc4)on3)n2)cc1. The van der Waals surface area contributed by atoms with E-state index in [4.69, 9.17) is 4.52 Å². The van der Waals surface area contributed by atoms with Crippen molar-refractivity contribution in [1.29, 1.82) is 0 Å². The monoisotopic (exact) mass is 361 g/mol. The first-order valence-electron chi connectivity index (χ1n) is 8.05. The van der Waals surface area contributed by atoms with Crippen LogP contribution in [0.5, 0.6) is 0 Å². The van der Waals surface area contributed by atoms with E-state index in [1.54, 1.807) is 6.07 Å². The van der Waals surface area contributed by atoms with Crippen molar-refractivity contribution in [3.8, 4) is 22.6 Å².